The highest BCUT2D eigenvalue weighted by Gasteiger charge is 2.30. The van der Waals surface area contributed by atoms with Crippen LogP contribution in [0.15, 0.2) is 10.9 Å². The quantitative estimate of drug-likeness (QED) is 0.785. The van der Waals surface area contributed by atoms with Crippen molar-refractivity contribution in [3.63, 3.8) is 0 Å². The molecule has 0 unspecified atom stereocenters. The Labute approximate surface area is 106 Å². The van der Waals surface area contributed by atoms with Gasteiger partial charge in [-0.25, -0.2) is 0 Å². The molecule has 0 amide bonds. The summed E-state index contributed by atoms with van der Waals surface area (Å²) in [5, 5.41) is 8.84. The van der Waals surface area contributed by atoms with Crippen molar-refractivity contribution in [2.45, 2.75) is 38.3 Å². The Morgan fingerprint density at radius 1 is 1.50 bits per heavy atom. The second-order valence-electron chi connectivity index (χ2n) is 5.37. The molecule has 0 radical (unpaired) electrons. The van der Waals surface area contributed by atoms with E-state index in [0.717, 1.165) is 32.4 Å². The number of aromatic nitrogens is 1. The number of pyridine rings is 1. The van der Waals surface area contributed by atoms with Gasteiger partial charge in [-0.1, -0.05) is 0 Å². The Bertz CT molecular complexity index is 578. The third-order valence-corrected chi connectivity index (χ3v) is 3.86. The molecular weight excluding hydrogens is 226 g/mol. The molecule has 2 aliphatic rings. The number of nitrogens with zero attached hydrogens (tertiary/aromatic N) is 3. The van der Waals surface area contributed by atoms with Crippen LogP contribution >= 0.6 is 0 Å². The standard InChI is InChI=1S/C14H17N3O/c1-16-7-5-13-11(9-16)8-10(4-6-15)14(18)17(13)12-2-3-12/h8,12H,2-5,7,9H2,1H3. The van der Waals surface area contributed by atoms with Crippen molar-refractivity contribution in [3.05, 3.63) is 33.2 Å². The van der Waals surface area contributed by atoms with Gasteiger partial charge in [0.05, 0.1) is 12.5 Å². The predicted molar refractivity (Wildman–Crippen MR) is 68.3 cm³/mol. The van der Waals surface area contributed by atoms with Gasteiger partial charge in [0.15, 0.2) is 0 Å². The van der Waals surface area contributed by atoms with Crippen LogP contribution in [0.3, 0.4) is 0 Å². The summed E-state index contributed by atoms with van der Waals surface area (Å²) in [4.78, 5) is 14.7. The smallest absolute Gasteiger partial charge is 0.255 e. The summed E-state index contributed by atoms with van der Waals surface area (Å²) in [6.45, 7) is 1.90. The van der Waals surface area contributed by atoms with Crippen LogP contribution in [0.25, 0.3) is 0 Å². The molecule has 1 aliphatic heterocycles. The normalized spacial score (nSPS) is 19.3. The van der Waals surface area contributed by atoms with E-state index in [0.29, 0.717) is 11.6 Å². The van der Waals surface area contributed by atoms with Crippen molar-refractivity contribution in [3.8, 4) is 6.07 Å². The Kier molecular flexibility index (Phi) is 2.71. The minimum absolute atomic E-state index is 0.0716. The number of nitriles is 1. The Hall–Kier alpha value is -1.60. The van der Waals surface area contributed by atoms with Crippen molar-refractivity contribution in [1.82, 2.24) is 9.47 Å². The van der Waals surface area contributed by atoms with E-state index in [1.165, 1.54) is 11.3 Å². The molecule has 1 aromatic rings. The zero-order valence-corrected chi connectivity index (χ0v) is 10.6. The molecule has 0 atom stereocenters. The number of hydrogen-bond donors (Lipinski definition) is 0. The zero-order valence-electron chi connectivity index (χ0n) is 10.6. The third kappa shape index (κ3) is 1.85. The Balaban J connectivity index is 2.16. The summed E-state index contributed by atoms with van der Waals surface area (Å²) in [6, 6.07) is 4.45. The highest BCUT2D eigenvalue weighted by molar-refractivity contribution is 5.31. The summed E-state index contributed by atoms with van der Waals surface area (Å²) in [5.74, 6) is 0. The maximum atomic E-state index is 12.4. The van der Waals surface area contributed by atoms with Crippen LogP contribution in [0.4, 0.5) is 0 Å². The van der Waals surface area contributed by atoms with Gasteiger partial charge in [0, 0.05) is 36.8 Å². The van der Waals surface area contributed by atoms with Crippen LogP contribution in [0.2, 0.25) is 0 Å². The van der Waals surface area contributed by atoms with Gasteiger partial charge >= 0.3 is 0 Å². The van der Waals surface area contributed by atoms with Gasteiger partial charge in [-0.3, -0.25) is 4.79 Å². The molecule has 0 bridgehead atoms. The van der Waals surface area contributed by atoms with Gasteiger partial charge in [0.1, 0.15) is 0 Å². The summed E-state index contributed by atoms with van der Waals surface area (Å²) >= 11 is 0. The monoisotopic (exact) mass is 243 g/mol. The first kappa shape index (κ1) is 11.5. The molecule has 4 heteroatoms. The van der Waals surface area contributed by atoms with E-state index >= 15 is 0 Å². The molecule has 1 saturated carbocycles. The topological polar surface area (TPSA) is 49.0 Å². The molecule has 1 aliphatic carbocycles. The molecule has 4 nitrogen and oxygen atoms in total. The molecule has 18 heavy (non-hydrogen) atoms. The van der Waals surface area contributed by atoms with Gasteiger partial charge < -0.3 is 9.47 Å². The van der Waals surface area contributed by atoms with Crippen LogP contribution in [0.1, 0.15) is 35.7 Å². The lowest BCUT2D eigenvalue weighted by molar-refractivity contribution is 0.304. The molecule has 1 fully saturated rings. The molecule has 94 valence electrons. The second kappa shape index (κ2) is 4.25. The van der Waals surface area contributed by atoms with E-state index in [1.54, 1.807) is 0 Å². The first-order chi connectivity index (χ1) is 8.70. The van der Waals surface area contributed by atoms with E-state index < -0.39 is 0 Å². The van der Waals surface area contributed by atoms with E-state index in [1.807, 2.05) is 10.6 Å². The fraction of sp³-hybridized carbons (Fsp3) is 0.571. The lowest BCUT2D eigenvalue weighted by atomic mass is 10.0. The van der Waals surface area contributed by atoms with Crippen LogP contribution in [0, 0.1) is 11.3 Å². The van der Waals surface area contributed by atoms with E-state index in [4.69, 9.17) is 5.26 Å². The number of rotatable bonds is 2. The average molecular weight is 243 g/mol. The van der Waals surface area contributed by atoms with Gasteiger partial charge in [0.25, 0.3) is 5.56 Å². The fourth-order valence-electron chi connectivity index (χ4n) is 2.80. The first-order valence-electron chi connectivity index (χ1n) is 6.52. The second-order valence-corrected chi connectivity index (χ2v) is 5.37. The molecule has 0 spiro atoms. The maximum Gasteiger partial charge on any atom is 0.255 e. The highest BCUT2D eigenvalue weighted by Crippen LogP contribution is 2.36. The number of likely N-dealkylation sites (N-methyl/N-ethyl adjacent to an activating group) is 1. The van der Waals surface area contributed by atoms with Crippen molar-refractivity contribution in [2.75, 3.05) is 13.6 Å². The molecular formula is C14H17N3O. The minimum Gasteiger partial charge on any atom is -0.309 e. The van der Waals surface area contributed by atoms with Crippen LogP contribution in [0.5, 0.6) is 0 Å². The van der Waals surface area contributed by atoms with Crippen LogP contribution in [-0.4, -0.2) is 23.1 Å². The first-order valence-corrected chi connectivity index (χ1v) is 6.52. The van der Waals surface area contributed by atoms with Crippen molar-refractivity contribution in [1.29, 1.82) is 5.26 Å². The summed E-state index contributed by atoms with van der Waals surface area (Å²) in [6.07, 6.45) is 3.39. The Morgan fingerprint density at radius 3 is 2.94 bits per heavy atom. The van der Waals surface area contributed by atoms with Crippen LogP contribution < -0.4 is 5.56 Å². The molecule has 1 aromatic heterocycles. The molecule has 0 N–H and O–H groups in total. The largest absolute Gasteiger partial charge is 0.309 e. The van der Waals surface area contributed by atoms with E-state index in [2.05, 4.69) is 18.0 Å². The summed E-state index contributed by atoms with van der Waals surface area (Å²) in [7, 11) is 2.10. The van der Waals surface area contributed by atoms with Crippen LogP contribution in [-0.2, 0) is 19.4 Å². The molecule has 2 heterocycles. The van der Waals surface area contributed by atoms with Gasteiger partial charge in [-0.05, 0) is 31.5 Å². The number of fused-ring (bicyclic) bond motifs is 1. The van der Waals surface area contributed by atoms with Gasteiger partial charge in [-0.15, -0.1) is 0 Å². The zero-order chi connectivity index (χ0) is 12.7. The molecule has 0 aromatic carbocycles. The maximum absolute atomic E-state index is 12.4. The third-order valence-electron chi connectivity index (χ3n) is 3.86. The lowest BCUT2D eigenvalue weighted by Gasteiger charge is -2.28. The summed E-state index contributed by atoms with van der Waals surface area (Å²) in [5.41, 5.74) is 3.18. The van der Waals surface area contributed by atoms with Crippen molar-refractivity contribution < 1.29 is 0 Å². The van der Waals surface area contributed by atoms with E-state index in [-0.39, 0.29) is 12.0 Å². The van der Waals surface area contributed by atoms with Crippen molar-refractivity contribution in [2.24, 2.45) is 0 Å². The number of hydrogen-bond acceptors (Lipinski definition) is 3. The van der Waals surface area contributed by atoms with E-state index in [9.17, 15) is 4.79 Å². The lowest BCUT2D eigenvalue weighted by Crippen LogP contribution is -2.35. The molecule has 0 saturated heterocycles. The van der Waals surface area contributed by atoms with Crippen molar-refractivity contribution >= 4 is 0 Å². The Morgan fingerprint density at radius 2 is 2.28 bits per heavy atom. The fourth-order valence-corrected chi connectivity index (χ4v) is 2.80. The minimum atomic E-state index is 0.0716. The molecule has 3 rings (SSSR count). The average Bonchev–Trinajstić information content (AvgIpc) is 3.15. The van der Waals surface area contributed by atoms with Gasteiger partial charge in [-0.2, -0.15) is 5.26 Å². The SMILES string of the molecule is CN1CCc2c(cc(CC#N)c(=O)n2C2CC2)C1. The van der Waals surface area contributed by atoms with Gasteiger partial charge in [0.2, 0.25) is 0 Å². The predicted octanol–water partition coefficient (Wildman–Crippen LogP) is 1.24. The highest BCUT2D eigenvalue weighted by atomic mass is 16.1. The summed E-state index contributed by atoms with van der Waals surface area (Å²) < 4.78 is 1.98.